The van der Waals surface area contributed by atoms with Crippen LogP contribution < -0.4 is 4.74 Å². The maximum Gasteiger partial charge on any atom is 0.387 e. The summed E-state index contributed by atoms with van der Waals surface area (Å²) in [5, 5.41) is 10.9. The first-order valence-corrected chi connectivity index (χ1v) is 5.03. The summed E-state index contributed by atoms with van der Waals surface area (Å²) in [5.74, 6) is -0.674. The number of nitrogens with zero attached hydrogens (tertiary/aromatic N) is 1. The van der Waals surface area contributed by atoms with E-state index in [1.807, 2.05) is 0 Å². The lowest BCUT2D eigenvalue weighted by atomic mass is 10.2. The molecule has 0 aromatic heterocycles. The number of ether oxygens (including phenoxy) is 1. The molecule has 6 heteroatoms. The van der Waals surface area contributed by atoms with E-state index in [1.165, 1.54) is 12.1 Å². The van der Waals surface area contributed by atoms with Gasteiger partial charge >= 0.3 is 12.0 Å². The van der Waals surface area contributed by atoms with E-state index in [0.29, 0.717) is 5.02 Å². The molecule has 0 saturated heterocycles. The standard InChI is InChI=1S/C10H10ClNO4/c1-2-9(12(14)15)10(13)16-8-5-3-4-7(11)6-8/h3-6,9H,2H2,1H3. The summed E-state index contributed by atoms with van der Waals surface area (Å²) in [6, 6.07) is 4.81. The molecule has 0 N–H and O–H groups in total. The Morgan fingerprint density at radius 2 is 2.31 bits per heavy atom. The lowest BCUT2D eigenvalue weighted by molar-refractivity contribution is -0.509. The van der Waals surface area contributed by atoms with Gasteiger partial charge in [0.05, 0.1) is 0 Å². The molecule has 0 bridgehead atoms. The minimum Gasteiger partial charge on any atom is -0.421 e. The van der Waals surface area contributed by atoms with Gasteiger partial charge in [0.1, 0.15) is 5.75 Å². The largest absolute Gasteiger partial charge is 0.421 e. The lowest BCUT2D eigenvalue weighted by Gasteiger charge is -2.07. The Kier molecular flexibility index (Phi) is 4.25. The number of nitro groups is 1. The highest BCUT2D eigenvalue weighted by Crippen LogP contribution is 2.18. The van der Waals surface area contributed by atoms with E-state index in [4.69, 9.17) is 16.3 Å². The van der Waals surface area contributed by atoms with E-state index < -0.39 is 16.9 Å². The van der Waals surface area contributed by atoms with Crippen LogP contribution in [0.25, 0.3) is 0 Å². The van der Waals surface area contributed by atoms with Gasteiger partial charge in [0.25, 0.3) is 0 Å². The lowest BCUT2D eigenvalue weighted by Crippen LogP contribution is -2.32. The van der Waals surface area contributed by atoms with Crippen LogP contribution in [0.5, 0.6) is 5.75 Å². The van der Waals surface area contributed by atoms with Gasteiger partial charge in [-0.05, 0) is 18.2 Å². The van der Waals surface area contributed by atoms with E-state index in [2.05, 4.69) is 0 Å². The van der Waals surface area contributed by atoms with Gasteiger partial charge < -0.3 is 4.74 Å². The monoisotopic (exact) mass is 243 g/mol. The fraction of sp³-hybridized carbons (Fsp3) is 0.300. The number of benzene rings is 1. The zero-order valence-corrected chi connectivity index (χ0v) is 9.31. The Morgan fingerprint density at radius 1 is 1.62 bits per heavy atom. The molecule has 0 aliphatic carbocycles. The summed E-state index contributed by atoms with van der Waals surface area (Å²) < 4.78 is 4.84. The summed E-state index contributed by atoms with van der Waals surface area (Å²) in [7, 11) is 0. The molecule has 1 unspecified atom stereocenters. The van der Waals surface area contributed by atoms with Crippen LogP contribution in [0.4, 0.5) is 0 Å². The van der Waals surface area contributed by atoms with Crippen LogP contribution in [0.3, 0.4) is 0 Å². The van der Waals surface area contributed by atoms with Crippen LogP contribution in [0, 0.1) is 10.1 Å². The van der Waals surface area contributed by atoms with Crippen molar-refractivity contribution in [2.24, 2.45) is 0 Å². The van der Waals surface area contributed by atoms with Crippen LogP contribution in [0.15, 0.2) is 24.3 Å². The summed E-state index contributed by atoms with van der Waals surface area (Å²) >= 11 is 5.68. The summed E-state index contributed by atoms with van der Waals surface area (Å²) in [4.78, 5) is 21.2. The Labute approximate surface area is 97.1 Å². The number of hydrogen-bond donors (Lipinski definition) is 0. The molecule has 0 saturated carbocycles. The van der Waals surface area contributed by atoms with Gasteiger partial charge in [-0.25, -0.2) is 4.79 Å². The molecule has 0 spiro atoms. The highest BCUT2D eigenvalue weighted by atomic mass is 35.5. The summed E-state index contributed by atoms with van der Waals surface area (Å²) in [6.07, 6.45) is 0.0897. The molecule has 0 aliphatic rings. The number of halogens is 1. The van der Waals surface area contributed by atoms with Gasteiger partial charge in [0.15, 0.2) is 0 Å². The highest BCUT2D eigenvalue weighted by molar-refractivity contribution is 6.30. The SMILES string of the molecule is CCC(C(=O)Oc1cccc(Cl)c1)[N+](=O)[O-]. The molecule has 16 heavy (non-hydrogen) atoms. The molecule has 1 rings (SSSR count). The van der Waals surface area contributed by atoms with Crippen molar-refractivity contribution < 1.29 is 14.5 Å². The van der Waals surface area contributed by atoms with Gasteiger partial charge in [-0.15, -0.1) is 0 Å². The van der Waals surface area contributed by atoms with Gasteiger partial charge in [-0.2, -0.15) is 0 Å². The minimum absolute atomic E-state index is 0.0897. The third-order valence-corrected chi connectivity index (χ3v) is 2.16. The van der Waals surface area contributed by atoms with Crippen molar-refractivity contribution in [3.8, 4) is 5.75 Å². The number of hydrogen-bond acceptors (Lipinski definition) is 4. The molecule has 0 radical (unpaired) electrons. The predicted molar refractivity (Wildman–Crippen MR) is 58.2 cm³/mol. The smallest absolute Gasteiger partial charge is 0.387 e. The second-order valence-electron chi connectivity index (χ2n) is 3.09. The van der Waals surface area contributed by atoms with Gasteiger partial charge in [-0.3, -0.25) is 10.1 Å². The first-order chi connectivity index (χ1) is 7.54. The average molecular weight is 244 g/mol. The summed E-state index contributed by atoms with van der Waals surface area (Å²) in [5.41, 5.74) is 0. The quantitative estimate of drug-likeness (QED) is 0.352. The van der Waals surface area contributed by atoms with Crippen molar-refractivity contribution in [1.29, 1.82) is 0 Å². The molecule has 0 aliphatic heterocycles. The molecule has 5 nitrogen and oxygen atoms in total. The van der Waals surface area contributed by atoms with E-state index in [-0.39, 0.29) is 12.2 Å². The average Bonchev–Trinajstić information content (AvgIpc) is 2.17. The highest BCUT2D eigenvalue weighted by Gasteiger charge is 2.29. The Morgan fingerprint density at radius 3 is 2.81 bits per heavy atom. The first-order valence-electron chi connectivity index (χ1n) is 4.65. The molecule has 0 fully saturated rings. The van der Waals surface area contributed by atoms with Crippen molar-refractivity contribution in [2.45, 2.75) is 19.4 Å². The summed E-state index contributed by atoms with van der Waals surface area (Å²) in [6.45, 7) is 1.55. The molecule has 86 valence electrons. The van der Waals surface area contributed by atoms with Gasteiger partial charge in [0.2, 0.25) is 0 Å². The van der Waals surface area contributed by atoms with E-state index in [0.717, 1.165) is 0 Å². The van der Waals surface area contributed by atoms with Crippen LogP contribution in [0.2, 0.25) is 5.02 Å². The van der Waals surface area contributed by atoms with Crippen molar-refractivity contribution in [1.82, 2.24) is 0 Å². The molecule has 0 heterocycles. The van der Waals surface area contributed by atoms with Crippen LogP contribution in [-0.2, 0) is 4.79 Å². The number of rotatable bonds is 4. The second kappa shape index (κ2) is 5.46. The van der Waals surface area contributed by atoms with E-state index in [9.17, 15) is 14.9 Å². The second-order valence-corrected chi connectivity index (χ2v) is 3.52. The van der Waals surface area contributed by atoms with Crippen LogP contribution >= 0.6 is 11.6 Å². The predicted octanol–water partition coefficient (Wildman–Crippen LogP) is 2.30. The van der Waals surface area contributed by atoms with Gasteiger partial charge in [0, 0.05) is 16.4 Å². The van der Waals surface area contributed by atoms with Crippen molar-refractivity contribution in [2.75, 3.05) is 0 Å². The molecule has 1 atom stereocenters. The van der Waals surface area contributed by atoms with Crippen LogP contribution in [-0.4, -0.2) is 16.9 Å². The molecular formula is C10H10ClNO4. The fourth-order valence-corrected chi connectivity index (χ4v) is 1.30. The molecular weight excluding hydrogens is 234 g/mol. The fourth-order valence-electron chi connectivity index (χ4n) is 1.12. The Hall–Kier alpha value is -1.62. The van der Waals surface area contributed by atoms with Crippen molar-refractivity contribution in [3.05, 3.63) is 39.4 Å². The molecule has 1 aromatic rings. The Bertz CT molecular complexity index is 408. The van der Waals surface area contributed by atoms with Gasteiger partial charge in [-0.1, -0.05) is 24.6 Å². The number of esters is 1. The normalized spacial score (nSPS) is 11.9. The maximum atomic E-state index is 11.4. The van der Waals surface area contributed by atoms with E-state index in [1.54, 1.807) is 19.1 Å². The first kappa shape index (κ1) is 12.4. The minimum atomic E-state index is -1.33. The van der Waals surface area contributed by atoms with Crippen LogP contribution in [0.1, 0.15) is 13.3 Å². The van der Waals surface area contributed by atoms with E-state index >= 15 is 0 Å². The van der Waals surface area contributed by atoms with Crippen molar-refractivity contribution >= 4 is 17.6 Å². The van der Waals surface area contributed by atoms with Crippen molar-refractivity contribution in [3.63, 3.8) is 0 Å². The third-order valence-electron chi connectivity index (χ3n) is 1.93. The topological polar surface area (TPSA) is 69.4 Å². The zero-order chi connectivity index (χ0) is 12.1. The maximum absolute atomic E-state index is 11.4. The Balaban J connectivity index is 2.74. The number of carbonyl (C=O) groups excluding carboxylic acids is 1. The number of carbonyl (C=O) groups is 1. The molecule has 1 aromatic carbocycles. The zero-order valence-electron chi connectivity index (χ0n) is 8.55. The molecule has 0 amide bonds. The third kappa shape index (κ3) is 3.20.